The van der Waals surface area contributed by atoms with Crippen molar-refractivity contribution in [1.29, 1.82) is 0 Å². The zero-order valence-corrected chi connectivity index (χ0v) is 28.6. The minimum Gasteiger partial charge on any atom is -0.458 e. The molecule has 0 saturated carbocycles. The van der Waals surface area contributed by atoms with E-state index in [0.29, 0.717) is 16.9 Å². The number of ether oxygens (including phenoxy) is 2. The second kappa shape index (κ2) is 17.6. The van der Waals surface area contributed by atoms with Gasteiger partial charge >= 0.3 is 12.1 Å². The molecule has 2 aromatic carbocycles. The summed E-state index contributed by atoms with van der Waals surface area (Å²) in [4.78, 5) is 56.0. The van der Waals surface area contributed by atoms with E-state index >= 15 is 0 Å². The normalized spacial score (nSPS) is 13.4. The van der Waals surface area contributed by atoms with Crippen molar-refractivity contribution in [2.45, 2.75) is 83.7 Å². The van der Waals surface area contributed by atoms with Gasteiger partial charge in [-0.3, -0.25) is 9.59 Å². The summed E-state index contributed by atoms with van der Waals surface area (Å²) in [6.07, 6.45) is 7.24. The van der Waals surface area contributed by atoms with Crippen LogP contribution in [0.25, 0.3) is 0 Å². The van der Waals surface area contributed by atoms with Crippen molar-refractivity contribution in [3.05, 3.63) is 71.3 Å². The molecule has 46 heavy (non-hydrogen) atoms. The number of carbonyl (C=O) groups is 4. The summed E-state index contributed by atoms with van der Waals surface area (Å²) in [5.41, 5.74) is -0.209. The van der Waals surface area contributed by atoms with Gasteiger partial charge in [-0.15, -0.1) is 6.42 Å². The maximum atomic E-state index is 14.4. The molecule has 0 radical (unpaired) electrons. The Morgan fingerprint density at radius 3 is 2.09 bits per heavy atom. The highest BCUT2D eigenvalue weighted by molar-refractivity contribution is 7.98. The number of esters is 1. The minimum absolute atomic E-state index is 0.121. The van der Waals surface area contributed by atoms with Crippen LogP contribution < -0.4 is 10.6 Å². The van der Waals surface area contributed by atoms with Crippen LogP contribution in [0.15, 0.2) is 54.6 Å². The fourth-order valence-electron chi connectivity index (χ4n) is 4.60. The molecule has 0 aromatic heterocycles. The number of hydrogen-bond acceptors (Lipinski definition) is 8. The predicted octanol–water partition coefficient (Wildman–Crippen LogP) is 4.25. The van der Waals surface area contributed by atoms with Crippen LogP contribution in [0.2, 0.25) is 0 Å². The van der Waals surface area contributed by atoms with Crippen LogP contribution in [0.5, 0.6) is 0 Å². The number of alkyl carbamates (subject to hydrolysis) is 1. The van der Waals surface area contributed by atoms with Gasteiger partial charge in [0.1, 0.15) is 29.3 Å². The van der Waals surface area contributed by atoms with Crippen molar-refractivity contribution in [3.63, 3.8) is 0 Å². The second-order valence-electron chi connectivity index (χ2n) is 12.7. The van der Waals surface area contributed by atoms with Crippen LogP contribution >= 0.6 is 11.8 Å². The van der Waals surface area contributed by atoms with Gasteiger partial charge in [0.25, 0.3) is 0 Å². The highest BCUT2D eigenvalue weighted by atomic mass is 32.2. The fourth-order valence-corrected chi connectivity index (χ4v) is 5.07. The van der Waals surface area contributed by atoms with E-state index in [-0.39, 0.29) is 19.4 Å². The first-order valence-corrected chi connectivity index (χ1v) is 16.5. The summed E-state index contributed by atoms with van der Waals surface area (Å²) in [6, 6.07) is 12.2. The summed E-state index contributed by atoms with van der Waals surface area (Å²) >= 11 is 1.48. The number of aliphatic hydroxyl groups excluding tert-OH is 1. The standard InChI is InChI=1S/C35H47N3O7S/c1-9-25-17-13-14-18-26(25)29(30(40)36-28(32(42)44-34(2,3)4)23-24-15-11-10-12-16-24)38(20-21-39)31(41)27(19-22-46-8)37-33(43)45-35(5,6)7/h1,10-18,27-29,39H,19-23H2,2-8H3,(H,36,40)(H,37,43). The Morgan fingerprint density at radius 1 is 0.913 bits per heavy atom. The van der Waals surface area contributed by atoms with Gasteiger partial charge in [-0.25, -0.2) is 9.59 Å². The van der Waals surface area contributed by atoms with Gasteiger partial charge in [-0.1, -0.05) is 54.5 Å². The largest absolute Gasteiger partial charge is 0.458 e. The molecule has 0 spiro atoms. The van der Waals surface area contributed by atoms with Gasteiger partial charge in [0.05, 0.1) is 6.61 Å². The van der Waals surface area contributed by atoms with Crippen molar-refractivity contribution >= 4 is 35.6 Å². The van der Waals surface area contributed by atoms with Crippen LogP contribution in [0.3, 0.4) is 0 Å². The van der Waals surface area contributed by atoms with Crippen molar-refractivity contribution in [2.75, 3.05) is 25.2 Å². The molecule has 3 amide bonds. The van der Waals surface area contributed by atoms with Crippen LogP contribution in [-0.4, -0.2) is 82.3 Å². The third-order valence-corrected chi connectivity index (χ3v) is 7.13. The van der Waals surface area contributed by atoms with E-state index in [1.54, 1.807) is 65.8 Å². The van der Waals surface area contributed by atoms with E-state index in [4.69, 9.17) is 15.9 Å². The Kier molecular flexibility index (Phi) is 14.6. The molecule has 10 nitrogen and oxygen atoms in total. The number of terminal acetylenes is 1. The smallest absolute Gasteiger partial charge is 0.408 e. The van der Waals surface area contributed by atoms with Crippen molar-refractivity contribution < 1.29 is 33.8 Å². The maximum Gasteiger partial charge on any atom is 0.408 e. The molecule has 0 fully saturated rings. The Bertz CT molecular complexity index is 1360. The Labute approximate surface area is 277 Å². The van der Waals surface area contributed by atoms with Crippen molar-refractivity contribution in [1.82, 2.24) is 15.5 Å². The molecule has 0 saturated heterocycles. The van der Waals surface area contributed by atoms with Crippen LogP contribution in [0.4, 0.5) is 4.79 Å². The number of benzene rings is 2. The molecule has 0 heterocycles. The number of nitrogens with zero attached hydrogens (tertiary/aromatic N) is 1. The number of aliphatic hydroxyl groups is 1. The monoisotopic (exact) mass is 653 g/mol. The van der Waals surface area contributed by atoms with E-state index in [2.05, 4.69) is 16.6 Å². The van der Waals surface area contributed by atoms with Gasteiger partial charge in [0.15, 0.2) is 0 Å². The molecular weight excluding hydrogens is 606 g/mol. The first kappa shape index (κ1) is 38.2. The van der Waals surface area contributed by atoms with Crippen LogP contribution in [0, 0.1) is 12.3 Å². The third kappa shape index (κ3) is 12.4. The number of amides is 3. The highest BCUT2D eigenvalue weighted by Gasteiger charge is 2.39. The molecule has 0 aliphatic heterocycles. The first-order valence-electron chi connectivity index (χ1n) is 15.1. The summed E-state index contributed by atoms with van der Waals surface area (Å²) in [5, 5.41) is 15.6. The lowest BCUT2D eigenvalue weighted by Crippen LogP contribution is -2.55. The Balaban J connectivity index is 2.62. The van der Waals surface area contributed by atoms with Gasteiger partial charge < -0.3 is 30.1 Å². The lowest BCUT2D eigenvalue weighted by atomic mass is 9.96. The molecule has 2 rings (SSSR count). The molecule has 0 aliphatic rings. The van der Waals surface area contributed by atoms with Crippen molar-refractivity contribution in [2.24, 2.45) is 0 Å². The second-order valence-corrected chi connectivity index (χ2v) is 13.6. The van der Waals surface area contributed by atoms with E-state index in [1.165, 1.54) is 16.7 Å². The van der Waals surface area contributed by atoms with E-state index < -0.39 is 59.8 Å². The third-order valence-electron chi connectivity index (χ3n) is 6.49. The molecular formula is C35H47N3O7S. The van der Waals surface area contributed by atoms with Gasteiger partial charge in [0, 0.05) is 18.5 Å². The molecule has 3 N–H and O–H groups in total. The quantitative estimate of drug-likeness (QED) is 0.204. The maximum absolute atomic E-state index is 14.4. The topological polar surface area (TPSA) is 134 Å². The number of nitrogens with one attached hydrogen (secondary N) is 2. The highest BCUT2D eigenvalue weighted by Crippen LogP contribution is 2.27. The van der Waals surface area contributed by atoms with Gasteiger partial charge in [0.2, 0.25) is 11.8 Å². The summed E-state index contributed by atoms with van der Waals surface area (Å²) in [5.74, 6) is 1.09. The molecule has 3 atom stereocenters. The zero-order chi connectivity index (χ0) is 34.5. The van der Waals surface area contributed by atoms with E-state index in [0.717, 1.165) is 5.56 Å². The molecule has 3 unspecified atom stereocenters. The zero-order valence-electron chi connectivity index (χ0n) is 27.8. The van der Waals surface area contributed by atoms with E-state index in [9.17, 15) is 24.3 Å². The number of carbonyl (C=O) groups excluding carboxylic acids is 4. The summed E-state index contributed by atoms with van der Waals surface area (Å²) in [6.45, 7) is 9.54. The average molecular weight is 654 g/mol. The molecule has 2 aromatic rings. The Morgan fingerprint density at radius 2 is 1.52 bits per heavy atom. The summed E-state index contributed by atoms with van der Waals surface area (Å²) in [7, 11) is 0. The van der Waals surface area contributed by atoms with Gasteiger partial charge in [-0.2, -0.15) is 11.8 Å². The number of rotatable bonds is 14. The summed E-state index contributed by atoms with van der Waals surface area (Å²) < 4.78 is 11.1. The Hall–Kier alpha value is -4.01. The molecule has 0 aliphatic carbocycles. The average Bonchev–Trinajstić information content (AvgIpc) is 2.97. The van der Waals surface area contributed by atoms with E-state index in [1.807, 2.05) is 36.6 Å². The van der Waals surface area contributed by atoms with Crippen LogP contribution in [-0.2, 0) is 30.3 Å². The van der Waals surface area contributed by atoms with Crippen molar-refractivity contribution in [3.8, 4) is 12.3 Å². The molecule has 0 bridgehead atoms. The fraction of sp³-hybridized carbons (Fsp3) is 0.486. The van der Waals surface area contributed by atoms with Crippen LogP contribution in [0.1, 0.15) is 70.7 Å². The minimum atomic E-state index is -1.37. The number of thioether (sulfide) groups is 1. The molecule has 250 valence electrons. The molecule has 11 heteroatoms. The lowest BCUT2D eigenvalue weighted by Gasteiger charge is -2.35. The number of hydrogen-bond donors (Lipinski definition) is 3. The lowest BCUT2D eigenvalue weighted by molar-refractivity contribution is -0.159. The SMILES string of the molecule is C#Cc1ccccc1C(C(=O)NC(Cc1ccccc1)C(=O)OC(C)(C)C)N(CCO)C(=O)C(CCSC)NC(=O)OC(C)(C)C. The van der Waals surface area contributed by atoms with Gasteiger partial charge in [-0.05, 0) is 77.2 Å². The first-order chi connectivity index (χ1) is 21.6. The predicted molar refractivity (Wildman–Crippen MR) is 180 cm³/mol.